The first kappa shape index (κ1) is 17.9. The van der Waals surface area contributed by atoms with Gasteiger partial charge in [-0.05, 0) is 12.1 Å². The Balaban J connectivity index is 2.05. The number of halogens is 5. The molecule has 0 atom stereocenters. The Morgan fingerprint density at radius 3 is 2.62 bits per heavy atom. The maximum atomic E-state index is 12.4. The number of carbonyl (C=O) groups is 1. The van der Waals surface area contributed by atoms with Gasteiger partial charge in [-0.1, -0.05) is 18.2 Å². The average molecular weight is 364 g/mol. The molecule has 24 heavy (non-hydrogen) atoms. The molecule has 0 spiro atoms. The summed E-state index contributed by atoms with van der Waals surface area (Å²) < 4.78 is 66.0. The third-order valence-corrected chi connectivity index (χ3v) is 3.33. The van der Waals surface area contributed by atoms with E-state index in [1.54, 1.807) is 6.07 Å². The summed E-state index contributed by atoms with van der Waals surface area (Å²) in [5, 5.41) is 2.70. The Kier molecular flexibility index (Phi) is 5.50. The summed E-state index contributed by atoms with van der Waals surface area (Å²) in [7, 11) is 0. The van der Waals surface area contributed by atoms with Crippen molar-refractivity contribution in [2.24, 2.45) is 0 Å². The Morgan fingerprint density at radius 2 is 2.00 bits per heavy atom. The Bertz CT molecular complexity index is 743. The molecule has 0 aliphatic rings. The van der Waals surface area contributed by atoms with E-state index in [0.717, 1.165) is 11.5 Å². The second kappa shape index (κ2) is 7.39. The van der Waals surface area contributed by atoms with Gasteiger partial charge in [-0.15, -0.1) is 11.3 Å². The molecule has 0 aliphatic heterocycles. The smallest absolute Gasteiger partial charge is 0.434 e. The van der Waals surface area contributed by atoms with Crippen LogP contribution in [0.25, 0.3) is 6.08 Å². The van der Waals surface area contributed by atoms with Crippen molar-refractivity contribution >= 4 is 28.5 Å². The Labute approximate surface area is 136 Å². The van der Waals surface area contributed by atoms with E-state index in [2.05, 4.69) is 15.0 Å². The zero-order valence-corrected chi connectivity index (χ0v) is 12.5. The Hall–Kier alpha value is -2.49. The summed E-state index contributed by atoms with van der Waals surface area (Å²) in [4.78, 5) is 14.9. The summed E-state index contributed by atoms with van der Waals surface area (Å²) in [6.45, 7) is -3.02. The molecular weight excluding hydrogens is 355 g/mol. The number of anilines is 1. The van der Waals surface area contributed by atoms with Crippen LogP contribution in [0.3, 0.4) is 0 Å². The standard InChI is InChI=1S/C14H9F5N2O2S/c15-12(16)23-9-4-2-1-3-8(9)5-6-11(22)21-13-20-10(7-24-13)14(17,18)19/h1-7,12H,(H,20,21,22)/b6-5+. The van der Waals surface area contributed by atoms with Crippen LogP contribution < -0.4 is 10.1 Å². The Morgan fingerprint density at radius 1 is 1.29 bits per heavy atom. The van der Waals surface area contributed by atoms with Gasteiger partial charge < -0.3 is 4.74 Å². The molecule has 0 radical (unpaired) electrons. The number of carbonyl (C=O) groups excluding carboxylic acids is 1. The van der Waals surface area contributed by atoms with Gasteiger partial charge in [0.15, 0.2) is 10.8 Å². The number of nitrogens with zero attached hydrogens (tertiary/aromatic N) is 1. The molecule has 2 aromatic rings. The van der Waals surface area contributed by atoms with E-state index in [1.807, 2.05) is 0 Å². The number of amides is 1. The highest BCUT2D eigenvalue weighted by Gasteiger charge is 2.33. The van der Waals surface area contributed by atoms with Gasteiger partial charge in [-0.25, -0.2) is 4.98 Å². The summed E-state index contributed by atoms with van der Waals surface area (Å²) >= 11 is 0.617. The number of aromatic nitrogens is 1. The van der Waals surface area contributed by atoms with E-state index >= 15 is 0 Å². The topological polar surface area (TPSA) is 51.2 Å². The van der Waals surface area contributed by atoms with Crippen molar-refractivity contribution < 1.29 is 31.5 Å². The highest BCUT2D eigenvalue weighted by Crippen LogP contribution is 2.31. The SMILES string of the molecule is O=C(/C=C/c1ccccc1OC(F)F)Nc1nc(C(F)(F)F)cs1. The van der Waals surface area contributed by atoms with Gasteiger partial charge in [0.1, 0.15) is 5.75 Å². The van der Waals surface area contributed by atoms with Crippen LogP contribution in [0.4, 0.5) is 27.1 Å². The first-order valence-electron chi connectivity index (χ1n) is 6.31. The maximum Gasteiger partial charge on any atom is 0.434 e. The van der Waals surface area contributed by atoms with Crippen molar-refractivity contribution in [2.45, 2.75) is 12.8 Å². The van der Waals surface area contributed by atoms with Gasteiger partial charge in [-0.2, -0.15) is 22.0 Å². The van der Waals surface area contributed by atoms with E-state index in [-0.39, 0.29) is 16.4 Å². The number of hydrogen-bond donors (Lipinski definition) is 1. The maximum absolute atomic E-state index is 12.4. The zero-order valence-electron chi connectivity index (χ0n) is 11.7. The summed E-state index contributed by atoms with van der Waals surface area (Å²) in [5.74, 6) is -0.893. The van der Waals surface area contributed by atoms with Crippen molar-refractivity contribution in [1.29, 1.82) is 0 Å². The van der Waals surface area contributed by atoms with Gasteiger partial charge in [0.2, 0.25) is 5.91 Å². The minimum Gasteiger partial charge on any atom is -0.434 e. The minimum atomic E-state index is -4.60. The molecule has 2 rings (SSSR count). The van der Waals surface area contributed by atoms with E-state index in [0.29, 0.717) is 11.3 Å². The van der Waals surface area contributed by atoms with E-state index in [9.17, 15) is 26.7 Å². The number of ether oxygens (including phenoxy) is 1. The second-order valence-corrected chi connectivity index (χ2v) is 5.13. The van der Waals surface area contributed by atoms with Crippen LogP contribution in [-0.4, -0.2) is 17.5 Å². The van der Waals surface area contributed by atoms with Gasteiger partial charge in [-0.3, -0.25) is 10.1 Å². The largest absolute Gasteiger partial charge is 0.434 e. The van der Waals surface area contributed by atoms with Crippen LogP contribution >= 0.6 is 11.3 Å². The molecule has 1 heterocycles. The molecule has 0 bridgehead atoms. The quantitative estimate of drug-likeness (QED) is 0.631. The third kappa shape index (κ3) is 5.01. The minimum absolute atomic E-state index is 0.134. The van der Waals surface area contributed by atoms with Crippen molar-refractivity contribution in [3.05, 3.63) is 47.0 Å². The van der Waals surface area contributed by atoms with Crippen LogP contribution in [0.1, 0.15) is 11.3 Å². The van der Waals surface area contributed by atoms with Gasteiger partial charge >= 0.3 is 12.8 Å². The molecule has 10 heteroatoms. The molecule has 1 amide bonds. The second-order valence-electron chi connectivity index (χ2n) is 4.27. The fourth-order valence-electron chi connectivity index (χ4n) is 1.60. The third-order valence-electron chi connectivity index (χ3n) is 2.57. The average Bonchev–Trinajstić information content (AvgIpc) is 2.94. The van der Waals surface area contributed by atoms with Crippen LogP contribution in [0.2, 0.25) is 0 Å². The van der Waals surface area contributed by atoms with Crippen molar-refractivity contribution in [3.63, 3.8) is 0 Å². The summed E-state index contributed by atoms with van der Waals surface area (Å²) in [5.41, 5.74) is -0.898. The number of rotatable bonds is 5. The summed E-state index contributed by atoms with van der Waals surface area (Å²) in [6, 6.07) is 5.75. The van der Waals surface area contributed by atoms with E-state index in [4.69, 9.17) is 0 Å². The highest BCUT2D eigenvalue weighted by molar-refractivity contribution is 7.14. The lowest BCUT2D eigenvalue weighted by atomic mass is 10.2. The van der Waals surface area contributed by atoms with Crippen LogP contribution in [0, 0.1) is 0 Å². The predicted molar refractivity (Wildman–Crippen MR) is 77.9 cm³/mol. The first-order valence-corrected chi connectivity index (χ1v) is 7.19. The molecule has 0 fully saturated rings. The normalized spacial score (nSPS) is 11.9. The van der Waals surface area contributed by atoms with Gasteiger partial charge in [0.25, 0.3) is 0 Å². The van der Waals surface area contributed by atoms with Gasteiger partial charge in [0, 0.05) is 17.0 Å². The number of thiazole rings is 1. The lowest BCUT2D eigenvalue weighted by Crippen LogP contribution is -2.09. The number of benzene rings is 1. The molecule has 128 valence electrons. The van der Waals surface area contributed by atoms with Crippen molar-refractivity contribution in [1.82, 2.24) is 4.98 Å². The fourth-order valence-corrected chi connectivity index (χ4v) is 2.32. The van der Waals surface area contributed by atoms with Crippen LogP contribution in [-0.2, 0) is 11.0 Å². The highest BCUT2D eigenvalue weighted by atomic mass is 32.1. The zero-order chi connectivity index (χ0) is 17.7. The molecule has 1 aromatic heterocycles. The molecular formula is C14H9F5N2O2S. The lowest BCUT2D eigenvalue weighted by Gasteiger charge is -2.07. The number of alkyl halides is 5. The molecule has 0 unspecified atom stereocenters. The molecule has 1 aromatic carbocycles. The van der Waals surface area contributed by atoms with Crippen LogP contribution in [0.15, 0.2) is 35.7 Å². The predicted octanol–water partition coefficient (Wildman–Crippen LogP) is 4.42. The number of para-hydroxylation sites is 1. The first-order chi connectivity index (χ1) is 11.3. The fraction of sp³-hybridized carbons (Fsp3) is 0.143. The van der Waals surface area contributed by atoms with E-state index < -0.39 is 24.4 Å². The lowest BCUT2D eigenvalue weighted by molar-refractivity contribution is -0.140. The van der Waals surface area contributed by atoms with E-state index in [1.165, 1.54) is 24.3 Å². The van der Waals surface area contributed by atoms with Crippen LogP contribution in [0.5, 0.6) is 5.75 Å². The monoisotopic (exact) mass is 364 g/mol. The molecule has 1 N–H and O–H groups in total. The number of hydrogen-bond acceptors (Lipinski definition) is 4. The molecule has 0 saturated heterocycles. The summed E-state index contributed by atoms with van der Waals surface area (Å²) in [6.07, 6.45) is -2.42. The molecule has 0 saturated carbocycles. The van der Waals surface area contributed by atoms with Crippen molar-refractivity contribution in [2.75, 3.05) is 5.32 Å². The van der Waals surface area contributed by atoms with Gasteiger partial charge in [0.05, 0.1) is 0 Å². The molecule has 0 aliphatic carbocycles. The number of nitrogens with one attached hydrogen (secondary N) is 1. The molecule has 4 nitrogen and oxygen atoms in total. The van der Waals surface area contributed by atoms with Crippen molar-refractivity contribution in [3.8, 4) is 5.75 Å².